The van der Waals surface area contributed by atoms with Crippen LogP contribution >= 0.6 is 0 Å². The number of hydrogen-bond acceptors (Lipinski definition) is 2. The van der Waals surface area contributed by atoms with E-state index in [-0.39, 0.29) is 11.3 Å². The fourth-order valence-corrected chi connectivity index (χ4v) is 0.808. The summed E-state index contributed by atoms with van der Waals surface area (Å²) in [5, 5.41) is 6.93. The Balaban J connectivity index is 3.37. The molecule has 1 aromatic carbocycles. The average Bonchev–Trinajstić information content (AvgIpc) is 1.96. The average molecular weight is 171 g/mol. The van der Waals surface area contributed by atoms with Crippen molar-refractivity contribution in [1.29, 1.82) is 5.41 Å². The number of benzene rings is 1. The molecule has 0 fully saturated rings. The Morgan fingerprint density at radius 2 is 1.92 bits per heavy atom. The number of nitrogen functional groups attached to an aromatic ring is 2. The van der Waals surface area contributed by atoms with Gasteiger partial charge in [0.15, 0.2) is 0 Å². The summed E-state index contributed by atoms with van der Waals surface area (Å²) in [4.78, 5) is 0. The molecule has 0 heterocycles. The Morgan fingerprint density at radius 3 is 2.42 bits per heavy atom. The second-order valence-electron chi connectivity index (χ2n) is 2.26. The first-order chi connectivity index (χ1) is 5.52. The van der Waals surface area contributed by atoms with Gasteiger partial charge in [0.1, 0.15) is 17.5 Å². The van der Waals surface area contributed by atoms with Crippen molar-refractivity contribution in [3.8, 4) is 0 Å². The third-order valence-electron chi connectivity index (χ3n) is 1.38. The van der Waals surface area contributed by atoms with E-state index < -0.39 is 17.5 Å². The van der Waals surface area contributed by atoms with Gasteiger partial charge in [-0.05, 0) is 6.07 Å². The van der Waals surface area contributed by atoms with E-state index in [4.69, 9.17) is 16.9 Å². The summed E-state index contributed by atoms with van der Waals surface area (Å²) in [5.74, 6) is -2.15. The van der Waals surface area contributed by atoms with Gasteiger partial charge in [-0.25, -0.2) is 8.78 Å². The largest absolute Gasteiger partial charge is 0.396 e. The van der Waals surface area contributed by atoms with Crippen LogP contribution in [0.1, 0.15) is 5.56 Å². The topological polar surface area (TPSA) is 75.9 Å². The summed E-state index contributed by atoms with van der Waals surface area (Å²) in [6.07, 6.45) is 0. The molecule has 0 radical (unpaired) electrons. The standard InChI is InChI=1S/C7H7F2N3/c8-3-1-4(7(11)12)6(10)5(9)2-3/h1-2H,10H2,(H3,11,12). The van der Waals surface area contributed by atoms with Gasteiger partial charge in [0, 0.05) is 11.6 Å². The lowest BCUT2D eigenvalue weighted by Crippen LogP contribution is -2.14. The van der Waals surface area contributed by atoms with Gasteiger partial charge in [0.2, 0.25) is 0 Å². The van der Waals surface area contributed by atoms with Crippen LogP contribution < -0.4 is 11.5 Å². The number of halogens is 2. The van der Waals surface area contributed by atoms with Gasteiger partial charge >= 0.3 is 0 Å². The molecule has 1 rings (SSSR count). The van der Waals surface area contributed by atoms with Crippen LogP contribution in [0.3, 0.4) is 0 Å². The number of anilines is 1. The van der Waals surface area contributed by atoms with Crippen molar-refractivity contribution in [3.63, 3.8) is 0 Å². The van der Waals surface area contributed by atoms with Crippen LogP contribution in [0, 0.1) is 17.0 Å². The quantitative estimate of drug-likeness (QED) is 0.332. The molecule has 5 N–H and O–H groups in total. The number of nitrogens with one attached hydrogen (secondary N) is 1. The van der Waals surface area contributed by atoms with Gasteiger partial charge in [0.05, 0.1) is 5.69 Å². The summed E-state index contributed by atoms with van der Waals surface area (Å²) in [6, 6.07) is 1.56. The zero-order valence-electron chi connectivity index (χ0n) is 6.07. The maximum atomic E-state index is 12.7. The molecule has 0 bridgehead atoms. The van der Waals surface area contributed by atoms with Crippen molar-refractivity contribution >= 4 is 11.5 Å². The Hall–Kier alpha value is -1.65. The van der Waals surface area contributed by atoms with E-state index in [0.29, 0.717) is 6.07 Å². The monoisotopic (exact) mass is 171 g/mol. The number of nitrogens with two attached hydrogens (primary N) is 2. The van der Waals surface area contributed by atoms with E-state index in [1.807, 2.05) is 0 Å². The molecule has 0 unspecified atom stereocenters. The highest BCUT2D eigenvalue weighted by Crippen LogP contribution is 2.17. The van der Waals surface area contributed by atoms with Gasteiger partial charge in [-0.3, -0.25) is 5.41 Å². The zero-order valence-corrected chi connectivity index (χ0v) is 6.07. The van der Waals surface area contributed by atoms with Crippen molar-refractivity contribution in [1.82, 2.24) is 0 Å². The van der Waals surface area contributed by atoms with Crippen LogP contribution in [0.15, 0.2) is 12.1 Å². The lowest BCUT2D eigenvalue weighted by atomic mass is 10.1. The molecule has 0 amide bonds. The van der Waals surface area contributed by atoms with Crippen molar-refractivity contribution in [2.75, 3.05) is 5.73 Å². The smallest absolute Gasteiger partial charge is 0.149 e. The van der Waals surface area contributed by atoms with Gasteiger partial charge in [-0.2, -0.15) is 0 Å². The second kappa shape index (κ2) is 2.77. The fraction of sp³-hybridized carbons (Fsp3) is 0. The number of amidine groups is 1. The minimum absolute atomic E-state index is 0.118. The summed E-state index contributed by atoms with van der Waals surface area (Å²) in [6.45, 7) is 0. The molecule has 5 heteroatoms. The number of hydrogen-bond donors (Lipinski definition) is 3. The van der Waals surface area contributed by atoms with E-state index in [9.17, 15) is 8.78 Å². The molecule has 0 atom stereocenters. The molecule has 3 nitrogen and oxygen atoms in total. The first kappa shape index (κ1) is 8.45. The highest BCUT2D eigenvalue weighted by molar-refractivity contribution is 5.99. The molecular formula is C7H7F2N3. The van der Waals surface area contributed by atoms with E-state index in [0.717, 1.165) is 6.07 Å². The molecule has 0 aliphatic carbocycles. The predicted octanol–water partition coefficient (Wildman–Crippen LogP) is 0.831. The maximum Gasteiger partial charge on any atom is 0.149 e. The first-order valence-corrected chi connectivity index (χ1v) is 3.11. The minimum Gasteiger partial charge on any atom is -0.396 e. The Bertz CT molecular complexity index is 336. The summed E-state index contributed by atoms with van der Waals surface area (Å²) >= 11 is 0. The minimum atomic E-state index is -0.903. The molecule has 0 aliphatic heterocycles. The van der Waals surface area contributed by atoms with Gasteiger partial charge in [-0.1, -0.05) is 0 Å². The molecule has 0 saturated heterocycles. The Morgan fingerprint density at radius 1 is 1.33 bits per heavy atom. The lowest BCUT2D eigenvalue weighted by Gasteiger charge is -2.03. The number of rotatable bonds is 1. The first-order valence-electron chi connectivity index (χ1n) is 3.11. The van der Waals surface area contributed by atoms with Gasteiger partial charge in [-0.15, -0.1) is 0 Å². The van der Waals surface area contributed by atoms with E-state index in [2.05, 4.69) is 0 Å². The predicted molar refractivity (Wildman–Crippen MR) is 41.8 cm³/mol. The highest BCUT2D eigenvalue weighted by Gasteiger charge is 2.09. The van der Waals surface area contributed by atoms with Crippen molar-refractivity contribution < 1.29 is 8.78 Å². The highest BCUT2D eigenvalue weighted by atomic mass is 19.1. The molecule has 1 aromatic rings. The SMILES string of the molecule is N=C(N)c1cc(F)cc(F)c1N. The van der Waals surface area contributed by atoms with Crippen LogP contribution in [-0.2, 0) is 0 Å². The van der Waals surface area contributed by atoms with Gasteiger partial charge in [0.25, 0.3) is 0 Å². The van der Waals surface area contributed by atoms with E-state index in [1.54, 1.807) is 0 Å². The van der Waals surface area contributed by atoms with Crippen molar-refractivity contribution in [3.05, 3.63) is 29.3 Å². The molecule has 12 heavy (non-hydrogen) atoms. The second-order valence-corrected chi connectivity index (χ2v) is 2.26. The van der Waals surface area contributed by atoms with Crippen LogP contribution in [0.4, 0.5) is 14.5 Å². The Labute approximate surface area is 67.5 Å². The van der Waals surface area contributed by atoms with Crippen molar-refractivity contribution in [2.24, 2.45) is 5.73 Å². The third-order valence-corrected chi connectivity index (χ3v) is 1.38. The third kappa shape index (κ3) is 1.34. The molecule has 0 aromatic heterocycles. The van der Waals surface area contributed by atoms with E-state index >= 15 is 0 Å². The summed E-state index contributed by atoms with van der Waals surface area (Å²) in [7, 11) is 0. The molecule has 0 aliphatic rings. The van der Waals surface area contributed by atoms with Crippen LogP contribution in [-0.4, -0.2) is 5.84 Å². The lowest BCUT2D eigenvalue weighted by molar-refractivity contribution is 0.586. The van der Waals surface area contributed by atoms with Crippen LogP contribution in [0.25, 0.3) is 0 Å². The molecule has 0 spiro atoms. The summed E-state index contributed by atoms with van der Waals surface area (Å²) < 4.78 is 25.2. The molecule has 0 saturated carbocycles. The van der Waals surface area contributed by atoms with Gasteiger partial charge < -0.3 is 11.5 Å². The zero-order chi connectivity index (χ0) is 9.30. The molecular weight excluding hydrogens is 164 g/mol. The fourth-order valence-electron chi connectivity index (χ4n) is 0.808. The van der Waals surface area contributed by atoms with Crippen molar-refractivity contribution in [2.45, 2.75) is 0 Å². The summed E-state index contributed by atoms with van der Waals surface area (Å²) in [5.41, 5.74) is 9.79. The van der Waals surface area contributed by atoms with Crippen LogP contribution in [0.2, 0.25) is 0 Å². The maximum absolute atomic E-state index is 12.7. The normalized spacial score (nSPS) is 9.83. The molecule has 64 valence electrons. The Kier molecular flexibility index (Phi) is 1.95. The van der Waals surface area contributed by atoms with E-state index in [1.165, 1.54) is 0 Å². The van der Waals surface area contributed by atoms with Crippen LogP contribution in [0.5, 0.6) is 0 Å².